The van der Waals surface area contributed by atoms with Crippen LogP contribution in [0.5, 0.6) is 0 Å². The van der Waals surface area contributed by atoms with Gasteiger partial charge in [-0.2, -0.15) is 0 Å². The van der Waals surface area contributed by atoms with Crippen LogP contribution in [0.2, 0.25) is 0 Å². The molecular formula is C15H22N2O2. The zero-order chi connectivity index (χ0) is 13.5. The maximum absolute atomic E-state index is 11.7. The molecular weight excluding hydrogens is 240 g/mol. The fourth-order valence-corrected chi connectivity index (χ4v) is 2.29. The second-order valence-electron chi connectivity index (χ2n) is 4.96. The van der Waals surface area contributed by atoms with Gasteiger partial charge in [0.2, 0.25) is 0 Å². The van der Waals surface area contributed by atoms with Gasteiger partial charge in [-0.1, -0.05) is 30.3 Å². The van der Waals surface area contributed by atoms with Crippen LogP contribution in [-0.4, -0.2) is 25.3 Å². The minimum absolute atomic E-state index is 0.0175. The van der Waals surface area contributed by atoms with Gasteiger partial charge in [-0.05, 0) is 31.7 Å². The summed E-state index contributed by atoms with van der Waals surface area (Å²) in [6.07, 6.45) is 3.48. The van der Waals surface area contributed by atoms with Crippen LogP contribution in [0.3, 0.4) is 0 Å². The molecule has 1 aromatic carbocycles. The first kappa shape index (κ1) is 13.9. The van der Waals surface area contributed by atoms with Crippen molar-refractivity contribution in [3.8, 4) is 0 Å². The number of carbonyl (C=O) groups is 1. The summed E-state index contributed by atoms with van der Waals surface area (Å²) in [6.45, 7) is 3.51. The van der Waals surface area contributed by atoms with Crippen molar-refractivity contribution in [3.63, 3.8) is 0 Å². The van der Waals surface area contributed by atoms with E-state index in [9.17, 15) is 4.79 Å². The molecule has 0 aliphatic carbocycles. The highest BCUT2D eigenvalue weighted by Crippen LogP contribution is 2.14. The number of amides is 2. The predicted octanol–water partition coefficient (Wildman–Crippen LogP) is 2.62. The van der Waals surface area contributed by atoms with Gasteiger partial charge in [0, 0.05) is 13.2 Å². The lowest BCUT2D eigenvalue weighted by Crippen LogP contribution is -2.38. The summed E-state index contributed by atoms with van der Waals surface area (Å²) in [5.74, 6) is 0. The zero-order valence-electron chi connectivity index (χ0n) is 11.4. The maximum Gasteiger partial charge on any atom is 0.315 e. The second kappa shape index (κ2) is 7.14. The van der Waals surface area contributed by atoms with Crippen LogP contribution in [0.1, 0.15) is 37.8 Å². The van der Waals surface area contributed by atoms with E-state index in [4.69, 9.17) is 4.74 Å². The summed E-state index contributed by atoms with van der Waals surface area (Å²) >= 11 is 0. The highest BCUT2D eigenvalue weighted by Gasteiger charge is 2.15. The van der Waals surface area contributed by atoms with Crippen LogP contribution in [0, 0.1) is 0 Å². The number of hydrogen-bond donors (Lipinski definition) is 2. The van der Waals surface area contributed by atoms with Crippen LogP contribution in [0.4, 0.5) is 4.79 Å². The van der Waals surface area contributed by atoms with Crippen molar-refractivity contribution >= 4 is 6.03 Å². The van der Waals surface area contributed by atoms with Gasteiger partial charge in [0.05, 0.1) is 12.1 Å². The van der Waals surface area contributed by atoms with E-state index in [1.54, 1.807) is 0 Å². The van der Waals surface area contributed by atoms with Crippen molar-refractivity contribution in [2.75, 3.05) is 13.2 Å². The summed E-state index contributed by atoms with van der Waals surface area (Å²) < 4.78 is 5.51. The molecule has 4 nitrogen and oxygen atoms in total. The van der Waals surface area contributed by atoms with E-state index in [1.165, 1.54) is 0 Å². The number of benzene rings is 1. The number of rotatable bonds is 5. The van der Waals surface area contributed by atoms with E-state index in [-0.39, 0.29) is 12.1 Å². The quantitative estimate of drug-likeness (QED) is 0.857. The van der Waals surface area contributed by atoms with Crippen LogP contribution >= 0.6 is 0 Å². The third kappa shape index (κ3) is 4.56. The van der Waals surface area contributed by atoms with Crippen LogP contribution in [-0.2, 0) is 4.74 Å². The topological polar surface area (TPSA) is 50.4 Å². The molecule has 0 radical (unpaired) electrons. The second-order valence-corrected chi connectivity index (χ2v) is 4.96. The van der Waals surface area contributed by atoms with E-state index in [2.05, 4.69) is 10.6 Å². The van der Waals surface area contributed by atoms with Gasteiger partial charge in [0.15, 0.2) is 0 Å². The first-order valence-corrected chi connectivity index (χ1v) is 6.96. The molecule has 1 fully saturated rings. The lowest BCUT2D eigenvalue weighted by atomic mass is 10.1. The molecule has 4 heteroatoms. The monoisotopic (exact) mass is 262 g/mol. The fraction of sp³-hybridized carbons (Fsp3) is 0.533. The molecule has 1 heterocycles. The molecule has 2 atom stereocenters. The Bertz CT molecular complexity index is 388. The largest absolute Gasteiger partial charge is 0.378 e. The molecule has 0 aromatic heterocycles. The number of hydrogen-bond acceptors (Lipinski definition) is 2. The Labute approximate surface area is 114 Å². The minimum atomic E-state index is -0.116. The Hall–Kier alpha value is -1.55. The first-order valence-electron chi connectivity index (χ1n) is 6.96. The molecule has 2 unspecified atom stereocenters. The smallest absolute Gasteiger partial charge is 0.315 e. The van der Waals surface area contributed by atoms with Gasteiger partial charge >= 0.3 is 6.03 Å². The lowest BCUT2D eigenvalue weighted by Gasteiger charge is -2.15. The summed E-state index contributed by atoms with van der Waals surface area (Å²) in [5, 5.41) is 5.81. The predicted molar refractivity (Wildman–Crippen MR) is 75.0 cm³/mol. The molecule has 104 valence electrons. The summed E-state index contributed by atoms with van der Waals surface area (Å²) in [4.78, 5) is 11.7. The van der Waals surface area contributed by atoms with E-state index in [0.29, 0.717) is 12.6 Å². The van der Waals surface area contributed by atoms with Crippen molar-refractivity contribution in [1.82, 2.24) is 10.6 Å². The van der Waals surface area contributed by atoms with Crippen molar-refractivity contribution in [2.24, 2.45) is 0 Å². The van der Waals surface area contributed by atoms with Crippen molar-refractivity contribution in [3.05, 3.63) is 35.9 Å². The number of nitrogens with one attached hydrogen (secondary N) is 2. The Kier molecular flexibility index (Phi) is 5.21. The molecule has 0 spiro atoms. The SMILES string of the molecule is CC(NC(=O)NCCC1CCCO1)c1ccccc1. The highest BCUT2D eigenvalue weighted by molar-refractivity contribution is 5.74. The van der Waals surface area contributed by atoms with Crippen molar-refractivity contribution in [1.29, 1.82) is 0 Å². The van der Waals surface area contributed by atoms with E-state index in [0.717, 1.165) is 31.4 Å². The van der Waals surface area contributed by atoms with Gasteiger partial charge in [0.25, 0.3) is 0 Å². The molecule has 2 rings (SSSR count). The van der Waals surface area contributed by atoms with E-state index >= 15 is 0 Å². The first-order chi connectivity index (χ1) is 9.25. The summed E-state index contributed by atoms with van der Waals surface area (Å²) in [5.41, 5.74) is 1.11. The number of carbonyl (C=O) groups excluding carboxylic acids is 1. The standard InChI is InChI=1S/C15H22N2O2/c1-12(13-6-3-2-4-7-13)17-15(18)16-10-9-14-8-5-11-19-14/h2-4,6-7,12,14H,5,8-11H2,1H3,(H2,16,17,18). The average Bonchev–Trinajstić information content (AvgIpc) is 2.93. The maximum atomic E-state index is 11.7. The molecule has 2 N–H and O–H groups in total. The van der Waals surface area contributed by atoms with Crippen LogP contribution < -0.4 is 10.6 Å². The average molecular weight is 262 g/mol. The summed E-state index contributed by atoms with van der Waals surface area (Å²) in [7, 11) is 0. The molecule has 1 aliphatic rings. The van der Waals surface area contributed by atoms with Crippen LogP contribution in [0.15, 0.2) is 30.3 Å². The molecule has 2 amide bonds. The van der Waals surface area contributed by atoms with Crippen molar-refractivity contribution < 1.29 is 9.53 Å². The number of urea groups is 1. The molecule has 1 aliphatic heterocycles. The Balaban J connectivity index is 1.66. The molecule has 19 heavy (non-hydrogen) atoms. The molecule has 1 aromatic rings. The Morgan fingerprint density at radius 1 is 1.42 bits per heavy atom. The molecule has 0 saturated carbocycles. The van der Waals surface area contributed by atoms with E-state index < -0.39 is 0 Å². The highest BCUT2D eigenvalue weighted by atomic mass is 16.5. The van der Waals surface area contributed by atoms with Gasteiger partial charge in [-0.3, -0.25) is 0 Å². The van der Waals surface area contributed by atoms with Gasteiger partial charge in [0.1, 0.15) is 0 Å². The van der Waals surface area contributed by atoms with Crippen LogP contribution in [0.25, 0.3) is 0 Å². The third-order valence-corrected chi connectivity index (χ3v) is 3.42. The zero-order valence-corrected chi connectivity index (χ0v) is 11.4. The van der Waals surface area contributed by atoms with Gasteiger partial charge < -0.3 is 15.4 Å². The number of ether oxygens (including phenoxy) is 1. The normalized spacial score (nSPS) is 19.9. The lowest BCUT2D eigenvalue weighted by molar-refractivity contribution is 0.104. The van der Waals surface area contributed by atoms with Gasteiger partial charge in [-0.15, -0.1) is 0 Å². The Morgan fingerprint density at radius 3 is 2.89 bits per heavy atom. The van der Waals surface area contributed by atoms with Gasteiger partial charge in [-0.25, -0.2) is 4.79 Å². The molecule has 1 saturated heterocycles. The van der Waals surface area contributed by atoms with E-state index in [1.807, 2.05) is 37.3 Å². The molecule has 0 bridgehead atoms. The third-order valence-electron chi connectivity index (χ3n) is 3.42. The summed E-state index contributed by atoms with van der Waals surface area (Å²) in [6, 6.07) is 9.84. The van der Waals surface area contributed by atoms with Crippen molar-refractivity contribution in [2.45, 2.75) is 38.3 Å². The fourth-order valence-electron chi connectivity index (χ4n) is 2.29. The minimum Gasteiger partial charge on any atom is -0.378 e. The Morgan fingerprint density at radius 2 is 2.21 bits per heavy atom.